The lowest BCUT2D eigenvalue weighted by Gasteiger charge is -2.07. The number of carbonyl (C=O) groups excluding carboxylic acids is 1. The molecule has 3 N–H and O–H groups in total. The second-order valence-electron chi connectivity index (χ2n) is 5.98. The van der Waals surface area contributed by atoms with Gasteiger partial charge in [-0.05, 0) is 31.2 Å². The van der Waals surface area contributed by atoms with Gasteiger partial charge >= 0.3 is 0 Å². The number of primary sulfonamides is 1. The van der Waals surface area contributed by atoms with Gasteiger partial charge < -0.3 is 9.88 Å². The summed E-state index contributed by atoms with van der Waals surface area (Å²) >= 11 is 1.17. The summed E-state index contributed by atoms with van der Waals surface area (Å²) in [5, 5.41) is 19.1. The zero-order valence-corrected chi connectivity index (χ0v) is 16.9. The molecule has 0 aliphatic heterocycles. The SMILES string of the molecule is CCn1c(SCC(=O)Nc2cccc([N+](=O)[O-])c2)nc2cc(S(N)(=O)=O)ccc21. The van der Waals surface area contributed by atoms with E-state index in [0.29, 0.717) is 22.9 Å². The molecule has 0 spiro atoms. The van der Waals surface area contributed by atoms with Crippen LogP contribution < -0.4 is 10.5 Å². The maximum Gasteiger partial charge on any atom is 0.271 e. The Labute approximate surface area is 170 Å². The van der Waals surface area contributed by atoms with Crippen LogP contribution in [-0.4, -0.2) is 34.6 Å². The minimum Gasteiger partial charge on any atom is -0.325 e. The fourth-order valence-electron chi connectivity index (χ4n) is 2.70. The molecule has 0 atom stereocenters. The highest BCUT2D eigenvalue weighted by Gasteiger charge is 2.16. The number of nitrogens with zero attached hydrogens (tertiary/aromatic N) is 3. The van der Waals surface area contributed by atoms with Crippen molar-refractivity contribution in [2.75, 3.05) is 11.1 Å². The lowest BCUT2D eigenvalue weighted by molar-refractivity contribution is -0.384. The first-order chi connectivity index (χ1) is 13.7. The number of aryl methyl sites for hydroxylation is 1. The number of carbonyl (C=O) groups is 1. The Morgan fingerprint density at radius 2 is 2.07 bits per heavy atom. The van der Waals surface area contributed by atoms with Gasteiger partial charge in [0, 0.05) is 24.4 Å². The number of anilines is 1. The highest BCUT2D eigenvalue weighted by Crippen LogP contribution is 2.26. The van der Waals surface area contributed by atoms with E-state index in [2.05, 4.69) is 10.3 Å². The fourth-order valence-corrected chi connectivity index (χ4v) is 4.12. The van der Waals surface area contributed by atoms with Crippen molar-refractivity contribution in [2.24, 2.45) is 5.14 Å². The van der Waals surface area contributed by atoms with Gasteiger partial charge in [-0.2, -0.15) is 0 Å². The molecule has 12 heteroatoms. The van der Waals surface area contributed by atoms with E-state index in [1.807, 2.05) is 11.5 Å². The summed E-state index contributed by atoms with van der Waals surface area (Å²) in [7, 11) is -3.84. The van der Waals surface area contributed by atoms with Gasteiger partial charge in [0.15, 0.2) is 5.16 Å². The van der Waals surface area contributed by atoms with Crippen LogP contribution in [0, 0.1) is 10.1 Å². The van der Waals surface area contributed by atoms with Crippen molar-refractivity contribution in [1.82, 2.24) is 9.55 Å². The number of nitrogens with one attached hydrogen (secondary N) is 1. The van der Waals surface area contributed by atoms with E-state index in [-0.39, 0.29) is 22.2 Å². The Morgan fingerprint density at radius 1 is 1.31 bits per heavy atom. The topological polar surface area (TPSA) is 150 Å². The molecule has 152 valence electrons. The summed E-state index contributed by atoms with van der Waals surface area (Å²) in [5.74, 6) is -0.330. The number of hydrogen-bond acceptors (Lipinski definition) is 7. The number of nitro benzene ring substituents is 1. The van der Waals surface area contributed by atoms with Gasteiger partial charge in [0.05, 0.1) is 26.6 Å². The quantitative estimate of drug-likeness (QED) is 0.328. The third-order valence-electron chi connectivity index (χ3n) is 4.00. The minimum absolute atomic E-state index is 0.0219. The van der Waals surface area contributed by atoms with Gasteiger partial charge in [0.2, 0.25) is 15.9 Å². The maximum atomic E-state index is 12.2. The fraction of sp³-hybridized carbons (Fsp3) is 0.176. The van der Waals surface area contributed by atoms with E-state index in [4.69, 9.17) is 5.14 Å². The Morgan fingerprint density at radius 3 is 2.72 bits per heavy atom. The van der Waals surface area contributed by atoms with Crippen LogP contribution in [-0.2, 0) is 21.4 Å². The second kappa shape index (κ2) is 8.19. The van der Waals surface area contributed by atoms with Crippen LogP contribution in [0.3, 0.4) is 0 Å². The molecule has 0 saturated heterocycles. The Bertz CT molecular complexity index is 1210. The molecule has 3 aromatic rings. The first-order valence-corrected chi connectivity index (χ1v) is 10.9. The van der Waals surface area contributed by atoms with Crippen molar-refractivity contribution >= 4 is 50.1 Å². The van der Waals surface area contributed by atoms with Gasteiger partial charge in [0.1, 0.15) is 0 Å². The normalized spacial score (nSPS) is 11.5. The molecule has 1 heterocycles. The number of nitrogens with two attached hydrogens (primary N) is 1. The van der Waals surface area contributed by atoms with Gasteiger partial charge in [-0.25, -0.2) is 18.5 Å². The van der Waals surface area contributed by atoms with Crippen LogP contribution in [0.2, 0.25) is 0 Å². The first kappa shape index (κ1) is 20.8. The highest BCUT2D eigenvalue weighted by molar-refractivity contribution is 7.99. The number of fused-ring (bicyclic) bond motifs is 1. The van der Waals surface area contributed by atoms with Crippen LogP contribution in [0.4, 0.5) is 11.4 Å². The largest absolute Gasteiger partial charge is 0.325 e. The zero-order valence-electron chi connectivity index (χ0n) is 15.2. The molecule has 0 radical (unpaired) electrons. The Hall–Kier alpha value is -2.96. The van der Waals surface area contributed by atoms with E-state index in [0.717, 1.165) is 5.52 Å². The van der Waals surface area contributed by atoms with E-state index in [1.54, 1.807) is 12.1 Å². The number of non-ortho nitro benzene ring substituents is 1. The number of imidazole rings is 1. The number of sulfonamides is 1. The van der Waals surface area contributed by atoms with Crippen LogP contribution in [0.1, 0.15) is 6.92 Å². The highest BCUT2D eigenvalue weighted by atomic mass is 32.2. The molecule has 0 aliphatic rings. The van der Waals surface area contributed by atoms with Gasteiger partial charge in [-0.1, -0.05) is 17.8 Å². The predicted molar refractivity (Wildman–Crippen MR) is 109 cm³/mol. The number of rotatable bonds is 7. The van der Waals surface area contributed by atoms with Crippen molar-refractivity contribution in [3.8, 4) is 0 Å². The molecule has 29 heavy (non-hydrogen) atoms. The second-order valence-corrected chi connectivity index (χ2v) is 8.48. The van der Waals surface area contributed by atoms with E-state index in [9.17, 15) is 23.3 Å². The third-order valence-corrected chi connectivity index (χ3v) is 5.89. The molecule has 0 saturated carbocycles. The van der Waals surface area contributed by atoms with Gasteiger partial charge in [0.25, 0.3) is 5.69 Å². The standard InChI is InChI=1S/C17H17N5O5S2/c1-2-21-15-7-6-13(29(18,26)27)9-14(15)20-17(21)28-10-16(23)19-11-4-3-5-12(8-11)22(24)25/h3-9H,2,10H2,1H3,(H,19,23)(H2,18,26,27). The van der Waals surface area contributed by atoms with Crippen LogP contribution in [0.15, 0.2) is 52.5 Å². The van der Waals surface area contributed by atoms with Crippen LogP contribution in [0.5, 0.6) is 0 Å². The number of hydrogen-bond donors (Lipinski definition) is 2. The number of amides is 1. The summed E-state index contributed by atoms with van der Waals surface area (Å²) in [6.45, 7) is 2.47. The minimum atomic E-state index is -3.84. The van der Waals surface area contributed by atoms with Crippen molar-refractivity contribution in [1.29, 1.82) is 0 Å². The van der Waals surface area contributed by atoms with E-state index in [1.165, 1.54) is 42.1 Å². The molecule has 10 nitrogen and oxygen atoms in total. The summed E-state index contributed by atoms with van der Waals surface area (Å²) < 4.78 is 24.9. The maximum absolute atomic E-state index is 12.2. The van der Waals surface area contributed by atoms with Crippen LogP contribution in [0.25, 0.3) is 11.0 Å². The lowest BCUT2D eigenvalue weighted by atomic mass is 10.3. The Balaban J connectivity index is 1.76. The molecule has 0 aliphatic carbocycles. The molecule has 0 fully saturated rings. The van der Waals surface area contributed by atoms with Crippen molar-refractivity contribution < 1.29 is 18.1 Å². The summed E-state index contributed by atoms with van der Waals surface area (Å²) in [5.41, 5.74) is 1.39. The average molecular weight is 435 g/mol. The number of aromatic nitrogens is 2. The molecule has 1 amide bonds. The van der Waals surface area contributed by atoms with Gasteiger partial charge in [-0.15, -0.1) is 0 Å². The molecular weight excluding hydrogens is 418 g/mol. The Kier molecular flexibility index (Phi) is 5.86. The van der Waals surface area contributed by atoms with E-state index < -0.39 is 14.9 Å². The number of thioether (sulfide) groups is 1. The molecule has 0 unspecified atom stereocenters. The summed E-state index contributed by atoms with van der Waals surface area (Å²) in [4.78, 5) is 26.9. The number of benzene rings is 2. The summed E-state index contributed by atoms with van der Waals surface area (Å²) in [6, 6.07) is 10.1. The van der Waals surface area contributed by atoms with E-state index >= 15 is 0 Å². The smallest absolute Gasteiger partial charge is 0.271 e. The summed E-state index contributed by atoms with van der Waals surface area (Å²) in [6.07, 6.45) is 0. The third kappa shape index (κ3) is 4.72. The average Bonchev–Trinajstić information content (AvgIpc) is 3.02. The zero-order chi connectivity index (χ0) is 21.2. The molecule has 1 aromatic heterocycles. The number of nitro groups is 1. The van der Waals surface area contributed by atoms with Crippen molar-refractivity contribution in [3.63, 3.8) is 0 Å². The predicted octanol–water partition coefficient (Wildman–Crippen LogP) is 2.34. The first-order valence-electron chi connectivity index (χ1n) is 8.39. The lowest BCUT2D eigenvalue weighted by Crippen LogP contribution is -2.14. The van der Waals surface area contributed by atoms with Gasteiger partial charge in [-0.3, -0.25) is 14.9 Å². The molecule has 3 rings (SSSR count). The molecule has 0 bridgehead atoms. The van der Waals surface area contributed by atoms with Crippen molar-refractivity contribution in [3.05, 3.63) is 52.6 Å². The molecular formula is C17H17N5O5S2. The van der Waals surface area contributed by atoms with Crippen LogP contribution >= 0.6 is 11.8 Å². The molecule has 2 aromatic carbocycles. The monoisotopic (exact) mass is 435 g/mol. The van der Waals surface area contributed by atoms with Crippen molar-refractivity contribution in [2.45, 2.75) is 23.5 Å².